The van der Waals surface area contributed by atoms with E-state index in [0.29, 0.717) is 12.1 Å². The highest BCUT2D eigenvalue weighted by atomic mass is 79.9. The molecule has 0 aromatic heterocycles. The summed E-state index contributed by atoms with van der Waals surface area (Å²) in [6.07, 6.45) is -0.405. The Morgan fingerprint density at radius 3 is 2.32 bits per heavy atom. The Labute approximate surface area is 208 Å². The van der Waals surface area contributed by atoms with Crippen LogP contribution in [0, 0.1) is 6.92 Å². The zero-order chi connectivity index (χ0) is 23.7. The first-order chi connectivity index (χ1) is 16.6. The van der Waals surface area contributed by atoms with Crippen LogP contribution in [0.4, 0.5) is 11.4 Å². The van der Waals surface area contributed by atoms with Gasteiger partial charge in [-0.05, 0) is 55.0 Å². The molecule has 1 atom stereocenters. The number of nitrogens with zero attached hydrogens (tertiary/aromatic N) is 2. The van der Waals surface area contributed by atoms with Crippen molar-refractivity contribution in [1.29, 1.82) is 0 Å². The summed E-state index contributed by atoms with van der Waals surface area (Å²) in [5, 5.41) is 0. The molecule has 1 aliphatic heterocycles. The molecule has 4 nitrogen and oxygen atoms in total. The molecule has 4 aromatic carbocycles. The van der Waals surface area contributed by atoms with Crippen LogP contribution in [0.15, 0.2) is 102 Å². The quantitative estimate of drug-likeness (QED) is 0.285. The predicted octanol–water partition coefficient (Wildman–Crippen LogP) is 7.13. The van der Waals surface area contributed by atoms with E-state index in [9.17, 15) is 4.79 Å². The van der Waals surface area contributed by atoms with E-state index in [1.54, 1.807) is 7.11 Å². The maximum atomic E-state index is 14.0. The number of benzene rings is 4. The van der Waals surface area contributed by atoms with Crippen molar-refractivity contribution >= 4 is 33.2 Å². The lowest BCUT2D eigenvalue weighted by Crippen LogP contribution is -2.49. The maximum Gasteiger partial charge on any atom is 0.262 e. The van der Waals surface area contributed by atoms with Crippen LogP contribution >= 0.6 is 15.9 Å². The van der Waals surface area contributed by atoms with Gasteiger partial charge in [0.2, 0.25) is 0 Å². The highest BCUT2D eigenvalue weighted by molar-refractivity contribution is 9.10. The number of amides is 1. The monoisotopic (exact) mass is 512 g/mol. The minimum atomic E-state index is -0.405. The minimum absolute atomic E-state index is 0.0317. The molecular weight excluding hydrogens is 488 g/mol. The van der Waals surface area contributed by atoms with Crippen molar-refractivity contribution < 1.29 is 9.53 Å². The van der Waals surface area contributed by atoms with Gasteiger partial charge in [0.05, 0.1) is 18.4 Å². The lowest BCUT2D eigenvalue weighted by molar-refractivity contribution is 0.0968. The second-order valence-corrected chi connectivity index (χ2v) is 9.32. The van der Waals surface area contributed by atoms with Gasteiger partial charge in [-0.3, -0.25) is 9.69 Å². The summed E-state index contributed by atoms with van der Waals surface area (Å²) in [7, 11) is 1.67. The second kappa shape index (κ2) is 9.35. The fraction of sp³-hybridized carbons (Fsp3) is 0.138. The number of anilines is 2. The average molecular weight is 513 g/mol. The molecule has 4 aromatic rings. The zero-order valence-electron chi connectivity index (χ0n) is 19.1. The molecule has 1 amide bonds. The number of para-hydroxylation sites is 1. The number of fused-ring (bicyclic) bond motifs is 1. The number of carbonyl (C=O) groups is 1. The molecule has 0 aliphatic carbocycles. The molecule has 0 bridgehead atoms. The first-order valence-electron chi connectivity index (χ1n) is 11.2. The zero-order valence-corrected chi connectivity index (χ0v) is 20.7. The third-order valence-corrected chi connectivity index (χ3v) is 6.67. The van der Waals surface area contributed by atoms with Gasteiger partial charge in [0.1, 0.15) is 11.9 Å². The maximum absolute atomic E-state index is 14.0. The van der Waals surface area contributed by atoms with Crippen molar-refractivity contribution in [2.45, 2.75) is 19.6 Å². The molecule has 0 spiro atoms. The van der Waals surface area contributed by atoms with Crippen LogP contribution in [0.25, 0.3) is 0 Å². The van der Waals surface area contributed by atoms with Crippen molar-refractivity contribution in [1.82, 2.24) is 0 Å². The number of carbonyl (C=O) groups excluding carboxylic acids is 1. The Hall–Kier alpha value is -3.57. The van der Waals surface area contributed by atoms with Gasteiger partial charge in [0.25, 0.3) is 5.91 Å². The van der Waals surface area contributed by atoms with Gasteiger partial charge in [0, 0.05) is 22.3 Å². The average Bonchev–Trinajstić information content (AvgIpc) is 2.87. The largest absolute Gasteiger partial charge is 0.496 e. The molecule has 0 N–H and O–H groups in total. The number of methoxy groups -OCH3 is 1. The summed E-state index contributed by atoms with van der Waals surface area (Å²) >= 11 is 3.63. The highest BCUT2D eigenvalue weighted by Gasteiger charge is 2.40. The number of aryl methyl sites for hydroxylation is 1. The Balaban J connectivity index is 1.77. The van der Waals surface area contributed by atoms with Crippen LogP contribution < -0.4 is 14.5 Å². The smallest absolute Gasteiger partial charge is 0.262 e. The lowest BCUT2D eigenvalue weighted by Gasteiger charge is -2.46. The van der Waals surface area contributed by atoms with Gasteiger partial charge in [-0.1, -0.05) is 76.1 Å². The molecule has 0 fully saturated rings. The first-order valence-corrected chi connectivity index (χ1v) is 12.0. The van der Waals surface area contributed by atoms with Crippen molar-refractivity contribution in [2.75, 3.05) is 16.9 Å². The van der Waals surface area contributed by atoms with Crippen LogP contribution in [-0.4, -0.2) is 13.0 Å². The Bertz CT molecular complexity index is 1320. The van der Waals surface area contributed by atoms with Gasteiger partial charge in [0.15, 0.2) is 0 Å². The van der Waals surface area contributed by atoms with E-state index >= 15 is 0 Å². The van der Waals surface area contributed by atoms with Gasteiger partial charge < -0.3 is 9.64 Å². The lowest BCUT2D eigenvalue weighted by atomic mass is 9.98. The number of rotatable bonds is 5. The standard InChI is InChI=1S/C29H25BrN2O2/c1-20-12-15-23(16-13-20)32-28(25-18-22(30)14-17-27(25)34-2)31(19-21-8-4-3-5-9-21)26-11-7-6-10-24(26)29(32)33/h3-18,28H,19H2,1-2H3/t28-/m1/s1. The van der Waals surface area contributed by atoms with Gasteiger partial charge in [-0.2, -0.15) is 0 Å². The molecule has 0 unspecified atom stereocenters. The summed E-state index contributed by atoms with van der Waals surface area (Å²) < 4.78 is 6.72. The normalized spacial score (nSPS) is 15.3. The Morgan fingerprint density at radius 1 is 0.882 bits per heavy atom. The third kappa shape index (κ3) is 4.08. The summed E-state index contributed by atoms with van der Waals surface area (Å²) in [6, 6.07) is 32.2. The van der Waals surface area contributed by atoms with Crippen LogP contribution in [-0.2, 0) is 6.54 Å². The third-order valence-electron chi connectivity index (χ3n) is 6.18. The first kappa shape index (κ1) is 22.2. The number of hydrogen-bond acceptors (Lipinski definition) is 3. The molecule has 1 heterocycles. The molecule has 0 saturated carbocycles. The second-order valence-electron chi connectivity index (χ2n) is 8.40. The molecule has 0 radical (unpaired) electrons. The fourth-order valence-corrected chi connectivity index (χ4v) is 4.93. The number of hydrogen-bond donors (Lipinski definition) is 0. The van der Waals surface area contributed by atoms with Crippen molar-refractivity contribution in [3.8, 4) is 5.75 Å². The van der Waals surface area contributed by atoms with Crippen molar-refractivity contribution in [2.24, 2.45) is 0 Å². The fourth-order valence-electron chi connectivity index (χ4n) is 4.55. The van der Waals surface area contributed by atoms with Crippen molar-refractivity contribution in [3.05, 3.63) is 124 Å². The number of ether oxygens (including phenoxy) is 1. The van der Waals surface area contributed by atoms with Crippen LogP contribution in [0.3, 0.4) is 0 Å². The van der Waals surface area contributed by atoms with E-state index in [-0.39, 0.29) is 5.91 Å². The van der Waals surface area contributed by atoms with Crippen LogP contribution in [0.5, 0.6) is 5.75 Å². The Morgan fingerprint density at radius 2 is 1.59 bits per heavy atom. The van der Waals surface area contributed by atoms with E-state index in [0.717, 1.165) is 38.3 Å². The predicted molar refractivity (Wildman–Crippen MR) is 140 cm³/mol. The van der Waals surface area contributed by atoms with Gasteiger partial charge >= 0.3 is 0 Å². The molecule has 5 heteroatoms. The molecule has 5 rings (SSSR count). The van der Waals surface area contributed by atoms with E-state index in [2.05, 4.69) is 33.0 Å². The molecule has 170 valence electrons. The molecule has 0 saturated heterocycles. The Kier molecular flexibility index (Phi) is 6.12. The SMILES string of the molecule is COc1ccc(Br)cc1[C@@H]1N(Cc2ccccc2)c2ccccc2C(=O)N1c1ccc(C)cc1. The van der Waals surface area contributed by atoms with Gasteiger partial charge in [-0.25, -0.2) is 0 Å². The molecular formula is C29H25BrN2O2. The van der Waals surface area contributed by atoms with E-state index in [4.69, 9.17) is 4.74 Å². The van der Waals surface area contributed by atoms with E-state index in [1.165, 1.54) is 0 Å². The van der Waals surface area contributed by atoms with Gasteiger partial charge in [-0.15, -0.1) is 0 Å². The highest BCUT2D eigenvalue weighted by Crippen LogP contribution is 2.45. The van der Waals surface area contributed by atoms with E-state index in [1.807, 2.05) is 96.8 Å². The summed E-state index contributed by atoms with van der Waals surface area (Å²) in [5.41, 5.74) is 5.66. The number of halogens is 1. The molecule has 1 aliphatic rings. The summed E-state index contributed by atoms with van der Waals surface area (Å²) in [4.78, 5) is 18.2. The van der Waals surface area contributed by atoms with Crippen LogP contribution in [0.1, 0.15) is 33.2 Å². The summed E-state index contributed by atoms with van der Waals surface area (Å²) in [5.74, 6) is 0.700. The summed E-state index contributed by atoms with van der Waals surface area (Å²) in [6.45, 7) is 2.68. The van der Waals surface area contributed by atoms with Crippen LogP contribution in [0.2, 0.25) is 0 Å². The topological polar surface area (TPSA) is 32.8 Å². The minimum Gasteiger partial charge on any atom is -0.496 e. The van der Waals surface area contributed by atoms with Crippen molar-refractivity contribution in [3.63, 3.8) is 0 Å². The molecule has 34 heavy (non-hydrogen) atoms. The van der Waals surface area contributed by atoms with E-state index < -0.39 is 6.17 Å².